The highest BCUT2D eigenvalue weighted by Gasteiger charge is 2.36. The van der Waals surface area contributed by atoms with Crippen LogP contribution >= 0.6 is 0 Å². The maximum absolute atomic E-state index is 12.6. The zero-order valence-electron chi connectivity index (χ0n) is 14.7. The summed E-state index contributed by atoms with van der Waals surface area (Å²) in [6, 6.07) is 7.24. The molecule has 1 aromatic carbocycles. The number of benzene rings is 1. The molecule has 132 valence electrons. The summed E-state index contributed by atoms with van der Waals surface area (Å²) in [5, 5.41) is 12.3. The fraction of sp³-hybridized carbons (Fsp3) is 0.579. The van der Waals surface area contributed by atoms with Gasteiger partial charge in [0.05, 0.1) is 18.1 Å². The first-order valence-corrected chi connectivity index (χ1v) is 8.53. The Balaban J connectivity index is 2.06. The predicted octanol–water partition coefficient (Wildman–Crippen LogP) is 2.29. The van der Waals surface area contributed by atoms with E-state index in [9.17, 15) is 14.7 Å². The lowest BCUT2D eigenvalue weighted by Gasteiger charge is -2.29. The molecular weight excluding hydrogens is 306 g/mol. The number of ether oxygens (including phenoxy) is 1. The molecule has 1 aliphatic heterocycles. The van der Waals surface area contributed by atoms with Crippen LogP contribution in [-0.4, -0.2) is 42.2 Å². The molecule has 1 saturated heterocycles. The average Bonchev–Trinajstić information content (AvgIpc) is 3.02. The lowest BCUT2D eigenvalue weighted by molar-refractivity contribution is -0.124. The number of Topliss-reactive ketones (excluding diaryl/α,β-unsaturated/α-hetero) is 1. The summed E-state index contributed by atoms with van der Waals surface area (Å²) >= 11 is 0. The van der Waals surface area contributed by atoms with Gasteiger partial charge in [0.2, 0.25) is 5.91 Å². The number of hydrogen-bond acceptors (Lipinski definition) is 4. The van der Waals surface area contributed by atoms with Crippen LogP contribution in [0.15, 0.2) is 24.3 Å². The van der Waals surface area contributed by atoms with E-state index in [-0.39, 0.29) is 30.1 Å². The Kier molecular flexibility index (Phi) is 6.13. The summed E-state index contributed by atoms with van der Waals surface area (Å²) in [5.41, 5.74) is 1.07. The standard InChI is InChI=1S/C19H27NO4/c1-13(2)17(22)16-6-4-15(5-7-16)14(3)18(23)20-19(8-10-21)9-11-24-12-19/h4-7,13-14,21H,8-12H2,1-3H3,(H,20,23)/t14-,19-/m0/s1. The van der Waals surface area contributed by atoms with E-state index >= 15 is 0 Å². The van der Waals surface area contributed by atoms with E-state index in [4.69, 9.17) is 4.74 Å². The second kappa shape index (κ2) is 7.90. The minimum Gasteiger partial charge on any atom is -0.396 e. The highest BCUT2D eigenvalue weighted by atomic mass is 16.5. The minimum absolute atomic E-state index is 0.0179. The van der Waals surface area contributed by atoms with Gasteiger partial charge < -0.3 is 15.2 Å². The highest BCUT2D eigenvalue weighted by Crippen LogP contribution is 2.25. The van der Waals surface area contributed by atoms with Crippen LogP contribution in [0, 0.1) is 5.92 Å². The van der Waals surface area contributed by atoms with Gasteiger partial charge in [0.15, 0.2) is 5.78 Å². The molecule has 1 fully saturated rings. The quantitative estimate of drug-likeness (QED) is 0.751. The zero-order valence-corrected chi connectivity index (χ0v) is 14.7. The van der Waals surface area contributed by atoms with Crippen molar-refractivity contribution in [1.29, 1.82) is 0 Å². The van der Waals surface area contributed by atoms with Crippen molar-refractivity contribution in [2.24, 2.45) is 5.92 Å². The third-order valence-corrected chi connectivity index (χ3v) is 4.69. The third-order valence-electron chi connectivity index (χ3n) is 4.69. The number of nitrogens with one attached hydrogen (secondary N) is 1. The molecule has 0 unspecified atom stereocenters. The van der Waals surface area contributed by atoms with Crippen molar-refractivity contribution in [3.63, 3.8) is 0 Å². The average molecular weight is 333 g/mol. The fourth-order valence-corrected chi connectivity index (χ4v) is 2.97. The second-order valence-corrected chi connectivity index (χ2v) is 6.91. The number of aliphatic hydroxyl groups excluding tert-OH is 1. The van der Waals surface area contributed by atoms with Gasteiger partial charge in [0, 0.05) is 24.7 Å². The Hall–Kier alpha value is -1.72. The molecule has 24 heavy (non-hydrogen) atoms. The van der Waals surface area contributed by atoms with E-state index in [1.165, 1.54) is 0 Å². The summed E-state index contributed by atoms with van der Waals surface area (Å²) in [6.07, 6.45) is 1.21. The van der Waals surface area contributed by atoms with Crippen molar-refractivity contribution in [2.75, 3.05) is 19.8 Å². The SMILES string of the molecule is CC(C)C(=O)c1ccc([C@H](C)C(=O)N[C@@]2(CCO)CCOC2)cc1. The van der Waals surface area contributed by atoms with Gasteiger partial charge in [0.1, 0.15) is 0 Å². The van der Waals surface area contributed by atoms with Crippen LogP contribution < -0.4 is 5.32 Å². The van der Waals surface area contributed by atoms with Crippen molar-refractivity contribution in [1.82, 2.24) is 5.32 Å². The van der Waals surface area contributed by atoms with Crippen LogP contribution in [0.3, 0.4) is 0 Å². The molecule has 0 aliphatic carbocycles. The topological polar surface area (TPSA) is 75.6 Å². The van der Waals surface area contributed by atoms with Crippen molar-refractivity contribution in [3.8, 4) is 0 Å². The van der Waals surface area contributed by atoms with Gasteiger partial charge in [-0.05, 0) is 25.3 Å². The molecule has 5 heteroatoms. The fourth-order valence-electron chi connectivity index (χ4n) is 2.97. The number of amides is 1. The first kappa shape index (κ1) is 18.6. The summed E-state index contributed by atoms with van der Waals surface area (Å²) in [5.74, 6) is -0.359. The molecule has 1 heterocycles. The van der Waals surface area contributed by atoms with Gasteiger partial charge in [0.25, 0.3) is 0 Å². The smallest absolute Gasteiger partial charge is 0.227 e. The number of carbonyl (C=O) groups is 2. The molecule has 0 bridgehead atoms. The van der Waals surface area contributed by atoms with Crippen molar-refractivity contribution >= 4 is 11.7 Å². The lowest BCUT2D eigenvalue weighted by Crippen LogP contribution is -2.50. The molecule has 1 amide bonds. The van der Waals surface area contributed by atoms with Crippen LogP contribution in [0.2, 0.25) is 0 Å². The Morgan fingerprint density at radius 2 is 1.92 bits per heavy atom. The third kappa shape index (κ3) is 4.22. The number of hydrogen-bond donors (Lipinski definition) is 2. The molecule has 1 aromatic rings. The van der Waals surface area contributed by atoms with Gasteiger partial charge >= 0.3 is 0 Å². The molecule has 2 rings (SSSR count). The van der Waals surface area contributed by atoms with Gasteiger partial charge in [-0.15, -0.1) is 0 Å². The summed E-state index contributed by atoms with van der Waals surface area (Å²) in [6.45, 7) is 6.64. The number of aliphatic hydroxyl groups is 1. The Morgan fingerprint density at radius 1 is 1.25 bits per heavy atom. The van der Waals surface area contributed by atoms with Crippen molar-refractivity contribution in [3.05, 3.63) is 35.4 Å². The van der Waals surface area contributed by atoms with Crippen LogP contribution in [0.25, 0.3) is 0 Å². The zero-order chi connectivity index (χ0) is 17.7. The van der Waals surface area contributed by atoms with Gasteiger partial charge in [-0.1, -0.05) is 38.1 Å². The van der Waals surface area contributed by atoms with E-state index in [2.05, 4.69) is 5.32 Å². The van der Waals surface area contributed by atoms with Gasteiger partial charge in [-0.25, -0.2) is 0 Å². The summed E-state index contributed by atoms with van der Waals surface area (Å²) in [4.78, 5) is 24.6. The minimum atomic E-state index is -0.465. The molecule has 0 saturated carbocycles. The molecule has 5 nitrogen and oxygen atoms in total. The molecule has 2 N–H and O–H groups in total. The molecule has 0 spiro atoms. The summed E-state index contributed by atoms with van der Waals surface area (Å²) < 4.78 is 5.40. The van der Waals surface area contributed by atoms with Crippen LogP contribution in [0.5, 0.6) is 0 Å². The highest BCUT2D eigenvalue weighted by molar-refractivity contribution is 5.97. The predicted molar refractivity (Wildman–Crippen MR) is 92.0 cm³/mol. The van der Waals surface area contributed by atoms with E-state index in [0.717, 1.165) is 5.56 Å². The second-order valence-electron chi connectivity index (χ2n) is 6.91. The Labute approximate surface area is 143 Å². The van der Waals surface area contributed by atoms with Crippen LogP contribution in [0.4, 0.5) is 0 Å². The van der Waals surface area contributed by atoms with Crippen molar-refractivity contribution < 1.29 is 19.4 Å². The Morgan fingerprint density at radius 3 is 2.42 bits per heavy atom. The molecular formula is C19H27NO4. The first-order valence-electron chi connectivity index (χ1n) is 8.53. The molecule has 2 atom stereocenters. The molecule has 0 radical (unpaired) electrons. The number of rotatable bonds is 7. The van der Waals surface area contributed by atoms with E-state index < -0.39 is 5.54 Å². The maximum atomic E-state index is 12.6. The van der Waals surface area contributed by atoms with Crippen LogP contribution in [0.1, 0.15) is 55.5 Å². The van der Waals surface area contributed by atoms with E-state index in [0.29, 0.717) is 31.6 Å². The molecule has 1 aliphatic rings. The number of carbonyl (C=O) groups excluding carboxylic acids is 2. The number of ketones is 1. The van der Waals surface area contributed by atoms with Gasteiger partial charge in [-0.3, -0.25) is 9.59 Å². The lowest BCUT2D eigenvalue weighted by atomic mass is 9.91. The van der Waals surface area contributed by atoms with Crippen LogP contribution in [-0.2, 0) is 9.53 Å². The van der Waals surface area contributed by atoms with E-state index in [1.54, 1.807) is 12.1 Å². The molecule has 0 aromatic heterocycles. The normalized spacial score (nSPS) is 21.7. The van der Waals surface area contributed by atoms with Gasteiger partial charge in [-0.2, -0.15) is 0 Å². The largest absolute Gasteiger partial charge is 0.396 e. The Bertz CT molecular complexity index is 574. The van der Waals surface area contributed by atoms with E-state index in [1.807, 2.05) is 32.9 Å². The monoisotopic (exact) mass is 333 g/mol. The maximum Gasteiger partial charge on any atom is 0.227 e. The summed E-state index contributed by atoms with van der Waals surface area (Å²) in [7, 11) is 0. The first-order chi connectivity index (χ1) is 11.4. The van der Waals surface area contributed by atoms with Crippen molar-refractivity contribution in [2.45, 2.75) is 45.1 Å².